The second-order valence-electron chi connectivity index (χ2n) is 4.20. The molecule has 0 aliphatic rings. The van der Waals surface area contributed by atoms with Crippen molar-refractivity contribution in [3.63, 3.8) is 0 Å². The minimum atomic E-state index is -0.0813. The number of benzene rings is 1. The predicted octanol–water partition coefficient (Wildman–Crippen LogP) is 5.33. The van der Waals surface area contributed by atoms with Gasteiger partial charge < -0.3 is 9.73 Å². The van der Waals surface area contributed by atoms with Crippen LogP contribution < -0.4 is 5.32 Å². The van der Waals surface area contributed by atoms with Crippen molar-refractivity contribution in [2.75, 3.05) is 6.54 Å². The summed E-state index contributed by atoms with van der Waals surface area (Å²) in [6, 6.07) is 9.06. The topological polar surface area (TPSA) is 25.2 Å². The predicted molar refractivity (Wildman–Crippen MR) is 80.3 cm³/mol. The second kappa shape index (κ2) is 6.67. The summed E-state index contributed by atoms with van der Waals surface area (Å²) in [7, 11) is 0. The quantitative estimate of drug-likeness (QED) is 0.806. The van der Waals surface area contributed by atoms with Gasteiger partial charge in [-0.3, -0.25) is 0 Å². The normalized spacial score (nSPS) is 12.6. The van der Waals surface area contributed by atoms with Crippen LogP contribution in [0.15, 0.2) is 34.7 Å². The van der Waals surface area contributed by atoms with E-state index in [4.69, 9.17) is 39.2 Å². The van der Waals surface area contributed by atoms with Crippen LogP contribution in [0.4, 0.5) is 0 Å². The molecule has 1 aromatic carbocycles. The summed E-state index contributed by atoms with van der Waals surface area (Å²) >= 11 is 17.9. The van der Waals surface area contributed by atoms with Gasteiger partial charge in [0.2, 0.25) is 0 Å². The molecule has 2 rings (SSSR count). The van der Waals surface area contributed by atoms with Crippen LogP contribution in [-0.4, -0.2) is 6.54 Å². The highest BCUT2D eigenvalue weighted by Crippen LogP contribution is 2.30. The summed E-state index contributed by atoms with van der Waals surface area (Å²) in [5.41, 5.74) is 0.994. The Balaban J connectivity index is 2.33. The monoisotopic (exact) mass is 317 g/mol. The van der Waals surface area contributed by atoms with Crippen LogP contribution >= 0.6 is 34.8 Å². The molecule has 0 saturated carbocycles. The fraction of sp³-hybridized carbons (Fsp3) is 0.286. The average molecular weight is 319 g/mol. The molecule has 19 heavy (non-hydrogen) atoms. The van der Waals surface area contributed by atoms with Gasteiger partial charge in [-0.15, -0.1) is 0 Å². The van der Waals surface area contributed by atoms with Crippen LogP contribution in [0.5, 0.6) is 0 Å². The molecule has 0 aliphatic carbocycles. The van der Waals surface area contributed by atoms with Gasteiger partial charge in [-0.1, -0.05) is 36.2 Å². The third-order valence-electron chi connectivity index (χ3n) is 2.75. The minimum absolute atomic E-state index is 0.0813. The van der Waals surface area contributed by atoms with Gasteiger partial charge >= 0.3 is 0 Å². The molecule has 1 N–H and O–H groups in total. The van der Waals surface area contributed by atoms with Crippen molar-refractivity contribution in [2.45, 2.75) is 19.4 Å². The molecule has 1 atom stereocenters. The molecule has 0 saturated heterocycles. The summed E-state index contributed by atoms with van der Waals surface area (Å²) in [6.45, 7) is 2.97. The van der Waals surface area contributed by atoms with E-state index in [-0.39, 0.29) is 6.04 Å². The van der Waals surface area contributed by atoms with E-state index in [9.17, 15) is 0 Å². The third-order valence-corrected chi connectivity index (χ3v) is 3.70. The van der Waals surface area contributed by atoms with Crippen LogP contribution in [0.2, 0.25) is 15.3 Å². The first-order valence-electron chi connectivity index (χ1n) is 6.05. The zero-order valence-electron chi connectivity index (χ0n) is 10.4. The van der Waals surface area contributed by atoms with Crippen LogP contribution in [0, 0.1) is 0 Å². The van der Waals surface area contributed by atoms with Gasteiger partial charge in [0, 0.05) is 0 Å². The fourth-order valence-electron chi connectivity index (χ4n) is 1.85. The molecule has 102 valence electrons. The van der Waals surface area contributed by atoms with Crippen molar-refractivity contribution in [3.8, 4) is 0 Å². The maximum atomic E-state index is 6.07. The van der Waals surface area contributed by atoms with Gasteiger partial charge in [-0.05, 0) is 54.4 Å². The molecular formula is C14H14Cl3NO. The van der Waals surface area contributed by atoms with Crippen LogP contribution in [0.3, 0.4) is 0 Å². The van der Waals surface area contributed by atoms with E-state index >= 15 is 0 Å². The standard InChI is InChI=1S/C14H14Cl3NO/c1-2-7-18-14(12-5-6-13(17)19-12)9-3-4-10(15)11(16)8-9/h3-6,8,14,18H,2,7H2,1H3. The smallest absolute Gasteiger partial charge is 0.193 e. The lowest BCUT2D eigenvalue weighted by atomic mass is 10.0. The van der Waals surface area contributed by atoms with Crippen molar-refractivity contribution in [2.24, 2.45) is 0 Å². The SMILES string of the molecule is CCCNC(c1ccc(Cl)c(Cl)c1)c1ccc(Cl)o1. The van der Waals surface area contributed by atoms with E-state index in [1.54, 1.807) is 12.1 Å². The Morgan fingerprint density at radius 2 is 1.89 bits per heavy atom. The Kier molecular flexibility index (Phi) is 5.17. The van der Waals surface area contributed by atoms with E-state index in [0.717, 1.165) is 24.3 Å². The van der Waals surface area contributed by atoms with Crippen molar-refractivity contribution in [1.82, 2.24) is 5.32 Å². The molecular weight excluding hydrogens is 305 g/mol. The molecule has 1 aromatic heterocycles. The lowest BCUT2D eigenvalue weighted by molar-refractivity contribution is 0.448. The van der Waals surface area contributed by atoms with E-state index < -0.39 is 0 Å². The molecule has 0 fully saturated rings. The third kappa shape index (κ3) is 3.67. The molecule has 0 radical (unpaired) electrons. The molecule has 0 spiro atoms. The summed E-state index contributed by atoms with van der Waals surface area (Å²) in [6.07, 6.45) is 1.02. The van der Waals surface area contributed by atoms with Crippen LogP contribution in [-0.2, 0) is 0 Å². The lowest BCUT2D eigenvalue weighted by Crippen LogP contribution is -2.22. The zero-order chi connectivity index (χ0) is 13.8. The van der Waals surface area contributed by atoms with Crippen molar-refractivity contribution < 1.29 is 4.42 Å². The Bertz CT molecular complexity index is 553. The van der Waals surface area contributed by atoms with E-state index in [1.165, 1.54) is 0 Å². The summed E-state index contributed by atoms with van der Waals surface area (Å²) in [4.78, 5) is 0. The van der Waals surface area contributed by atoms with Crippen LogP contribution in [0.1, 0.15) is 30.7 Å². The maximum absolute atomic E-state index is 6.07. The number of furan rings is 1. The molecule has 2 nitrogen and oxygen atoms in total. The van der Waals surface area contributed by atoms with E-state index in [0.29, 0.717) is 15.3 Å². The lowest BCUT2D eigenvalue weighted by Gasteiger charge is -2.17. The summed E-state index contributed by atoms with van der Waals surface area (Å²) in [5, 5.41) is 4.85. The van der Waals surface area contributed by atoms with E-state index in [2.05, 4.69) is 12.2 Å². The maximum Gasteiger partial charge on any atom is 0.193 e. The largest absolute Gasteiger partial charge is 0.448 e. The van der Waals surface area contributed by atoms with E-state index in [1.807, 2.05) is 18.2 Å². The number of hydrogen-bond acceptors (Lipinski definition) is 2. The van der Waals surface area contributed by atoms with Gasteiger partial charge in [0.25, 0.3) is 0 Å². The highest BCUT2D eigenvalue weighted by Gasteiger charge is 2.18. The number of hydrogen-bond donors (Lipinski definition) is 1. The molecule has 5 heteroatoms. The zero-order valence-corrected chi connectivity index (χ0v) is 12.7. The number of nitrogens with one attached hydrogen (secondary N) is 1. The first-order chi connectivity index (χ1) is 9.11. The Labute approximate surface area is 127 Å². The number of halogens is 3. The Morgan fingerprint density at radius 3 is 2.47 bits per heavy atom. The van der Waals surface area contributed by atoms with Gasteiger partial charge in [0.15, 0.2) is 5.22 Å². The summed E-state index contributed by atoms with van der Waals surface area (Å²) < 4.78 is 5.49. The molecule has 1 heterocycles. The molecule has 0 bridgehead atoms. The molecule has 1 unspecified atom stereocenters. The summed E-state index contributed by atoms with van der Waals surface area (Å²) in [5.74, 6) is 0.761. The fourth-order valence-corrected chi connectivity index (χ4v) is 2.31. The Morgan fingerprint density at radius 1 is 1.11 bits per heavy atom. The first kappa shape index (κ1) is 14.7. The van der Waals surface area contributed by atoms with Crippen molar-refractivity contribution in [3.05, 3.63) is 56.9 Å². The Hall–Kier alpha value is -0.670. The molecule has 0 aliphatic heterocycles. The van der Waals surface area contributed by atoms with Crippen LogP contribution in [0.25, 0.3) is 0 Å². The van der Waals surface area contributed by atoms with Gasteiger partial charge in [-0.25, -0.2) is 0 Å². The number of rotatable bonds is 5. The average Bonchev–Trinajstić information content (AvgIpc) is 2.80. The van der Waals surface area contributed by atoms with Crippen molar-refractivity contribution >= 4 is 34.8 Å². The first-order valence-corrected chi connectivity index (χ1v) is 7.18. The van der Waals surface area contributed by atoms with Crippen molar-refractivity contribution in [1.29, 1.82) is 0 Å². The second-order valence-corrected chi connectivity index (χ2v) is 5.39. The highest BCUT2D eigenvalue weighted by atomic mass is 35.5. The molecule has 2 aromatic rings. The molecule has 0 amide bonds. The van der Waals surface area contributed by atoms with Gasteiger partial charge in [-0.2, -0.15) is 0 Å². The van der Waals surface area contributed by atoms with Gasteiger partial charge in [0.1, 0.15) is 5.76 Å². The highest BCUT2D eigenvalue weighted by molar-refractivity contribution is 6.42. The minimum Gasteiger partial charge on any atom is -0.448 e. The van der Waals surface area contributed by atoms with Gasteiger partial charge in [0.05, 0.1) is 16.1 Å².